The fourth-order valence-corrected chi connectivity index (χ4v) is 7.06. The molecule has 0 fully saturated rings. The summed E-state index contributed by atoms with van der Waals surface area (Å²) < 4.78 is 4.64. The first-order valence-corrected chi connectivity index (χ1v) is 14.7. The van der Waals surface area contributed by atoms with Crippen molar-refractivity contribution >= 4 is 43.6 Å². The Bertz CT molecular complexity index is 2440. The van der Waals surface area contributed by atoms with Crippen LogP contribution in [0.15, 0.2) is 121 Å². The van der Waals surface area contributed by atoms with Gasteiger partial charge in [0.1, 0.15) is 0 Å². The Hall–Kier alpha value is -6.10. The van der Waals surface area contributed by atoms with Gasteiger partial charge < -0.3 is 9.13 Å². The van der Waals surface area contributed by atoms with Gasteiger partial charge in [-0.3, -0.25) is 0 Å². The Balaban J connectivity index is 1.70. The highest BCUT2D eigenvalue weighted by molar-refractivity contribution is 6.17. The lowest BCUT2D eigenvalue weighted by Crippen LogP contribution is -2.05. The van der Waals surface area contributed by atoms with E-state index in [4.69, 9.17) is 0 Å². The molecule has 4 heteroatoms. The minimum Gasteiger partial charge on any atom is -0.309 e. The molecule has 8 aromatic rings. The Morgan fingerprint density at radius 3 is 1.48 bits per heavy atom. The van der Waals surface area contributed by atoms with Gasteiger partial charge in [0, 0.05) is 32.7 Å². The van der Waals surface area contributed by atoms with Crippen LogP contribution in [0, 0.1) is 36.5 Å². The van der Waals surface area contributed by atoms with Gasteiger partial charge in [-0.2, -0.15) is 10.5 Å². The predicted octanol–water partition coefficient (Wildman–Crippen LogP) is 9.91. The van der Waals surface area contributed by atoms with Crippen molar-refractivity contribution < 1.29 is 0 Å². The third-order valence-electron chi connectivity index (χ3n) is 8.85. The summed E-state index contributed by atoms with van der Waals surface area (Å²) in [5.41, 5.74) is 11.0. The highest BCUT2D eigenvalue weighted by Crippen LogP contribution is 2.46. The maximum absolute atomic E-state index is 10.5. The standard InChI is InChI=1S/C40H26N4/c1-25-11-9-12-26(2)39(25)44-35-20-8-5-17-31(35)32-21-22-36(38(40(32)44)37-27(23-41)13-10-14-28(37)24-42)43-33-18-6-3-15-29(33)30-16-4-7-19-34(30)43/h3-22H,1-2H3. The lowest BCUT2D eigenvalue weighted by atomic mass is 9.91. The molecular weight excluding hydrogens is 536 g/mol. The minimum absolute atomic E-state index is 0.469. The van der Waals surface area contributed by atoms with Crippen LogP contribution in [-0.4, -0.2) is 9.13 Å². The van der Waals surface area contributed by atoms with Gasteiger partial charge in [-0.1, -0.05) is 84.9 Å². The van der Waals surface area contributed by atoms with E-state index in [0.29, 0.717) is 16.7 Å². The molecule has 2 heterocycles. The first-order valence-electron chi connectivity index (χ1n) is 14.7. The number of aromatic nitrogens is 2. The third kappa shape index (κ3) is 3.49. The number of hydrogen-bond donors (Lipinski definition) is 0. The van der Waals surface area contributed by atoms with E-state index in [1.54, 1.807) is 6.07 Å². The van der Waals surface area contributed by atoms with E-state index >= 15 is 0 Å². The van der Waals surface area contributed by atoms with Gasteiger partial charge in [0.25, 0.3) is 0 Å². The molecule has 44 heavy (non-hydrogen) atoms. The van der Waals surface area contributed by atoms with Crippen molar-refractivity contribution in [3.63, 3.8) is 0 Å². The lowest BCUT2D eigenvalue weighted by molar-refractivity contribution is 1.11. The SMILES string of the molecule is Cc1cccc(C)c1-n1c2ccccc2c2ccc(-n3c4ccccc4c4ccccc43)c(-c3c(C#N)cccc3C#N)c21. The number of nitriles is 2. The topological polar surface area (TPSA) is 57.4 Å². The van der Waals surface area contributed by atoms with E-state index in [2.05, 4.69) is 138 Å². The quantitative estimate of drug-likeness (QED) is 0.215. The van der Waals surface area contributed by atoms with E-state index < -0.39 is 0 Å². The molecule has 0 aliphatic rings. The summed E-state index contributed by atoms with van der Waals surface area (Å²) in [4.78, 5) is 0. The molecule has 8 rings (SSSR count). The molecule has 0 bridgehead atoms. The van der Waals surface area contributed by atoms with Crippen LogP contribution in [0.5, 0.6) is 0 Å². The summed E-state index contributed by atoms with van der Waals surface area (Å²) in [6, 6.07) is 46.3. The summed E-state index contributed by atoms with van der Waals surface area (Å²) in [6.45, 7) is 4.28. The maximum atomic E-state index is 10.5. The fraction of sp³-hybridized carbons (Fsp3) is 0.0500. The van der Waals surface area contributed by atoms with Gasteiger partial charge >= 0.3 is 0 Å². The van der Waals surface area contributed by atoms with E-state index in [1.165, 1.54) is 0 Å². The number of aryl methyl sites for hydroxylation is 2. The minimum atomic E-state index is 0.469. The molecule has 0 amide bonds. The summed E-state index contributed by atoms with van der Waals surface area (Å²) >= 11 is 0. The van der Waals surface area contributed by atoms with Crippen LogP contribution < -0.4 is 0 Å². The van der Waals surface area contributed by atoms with Crippen LogP contribution in [0.4, 0.5) is 0 Å². The molecule has 0 N–H and O–H groups in total. The molecule has 6 aromatic carbocycles. The van der Waals surface area contributed by atoms with Crippen molar-refractivity contribution in [2.75, 3.05) is 0 Å². The monoisotopic (exact) mass is 562 g/mol. The second-order valence-electron chi connectivity index (χ2n) is 11.3. The zero-order valence-corrected chi connectivity index (χ0v) is 24.3. The normalized spacial score (nSPS) is 11.4. The van der Waals surface area contributed by atoms with Gasteiger partial charge in [-0.25, -0.2) is 0 Å². The van der Waals surface area contributed by atoms with E-state index in [1.807, 2.05) is 12.1 Å². The summed E-state index contributed by atoms with van der Waals surface area (Å²) in [6.07, 6.45) is 0. The smallest absolute Gasteiger partial charge is 0.0998 e. The number of hydrogen-bond acceptors (Lipinski definition) is 2. The van der Waals surface area contributed by atoms with Gasteiger partial charge in [-0.05, 0) is 61.4 Å². The van der Waals surface area contributed by atoms with E-state index in [0.717, 1.165) is 71.7 Å². The van der Waals surface area contributed by atoms with Crippen molar-refractivity contribution in [3.05, 3.63) is 144 Å². The van der Waals surface area contributed by atoms with Crippen LogP contribution in [0.1, 0.15) is 22.3 Å². The first-order chi connectivity index (χ1) is 21.6. The third-order valence-corrected chi connectivity index (χ3v) is 8.85. The zero-order chi connectivity index (χ0) is 29.9. The number of nitrogens with zero attached hydrogens (tertiary/aromatic N) is 4. The van der Waals surface area contributed by atoms with Gasteiger partial charge in [-0.15, -0.1) is 0 Å². The molecule has 0 aliphatic heterocycles. The number of rotatable bonds is 3. The van der Waals surface area contributed by atoms with Crippen molar-refractivity contribution in [2.45, 2.75) is 13.8 Å². The second kappa shape index (κ2) is 9.73. The molecule has 4 nitrogen and oxygen atoms in total. The van der Waals surface area contributed by atoms with Gasteiger partial charge in [0.2, 0.25) is 0 Å². The Kier molecular flexibility index (Phi) is 5.66. The van der Waals surface area contributed by atoms with Crippen molar-refractivity contribution in [1.29, 1.82) is 10.5 Å². The lowest BCUT2D eigenvalue weighted by Gasteiger charge is -2.21. The molecular formula is C40H26N4. The number of fused-ring (bicyclic) bond motifs is 6. The molecule has 0 saturated carbocycles. The van der Waals surface area contributed by atoms with Crippen LogP contribution in [0.25, 0.3) is 66.1 Å². The van der Waals surface area contributed by atoms with E-state index in [9.17, 15) is 10.5 Å². The highest BCUT2D eigenvalue weighted by atomic mass is 15.0. The molecule has 206 valence electrons. The average Bonchev–Trinajstić information content (AvgIpc) is 3.57. The summed E-state index contributed by atoms with van der Waals surface area (Å²) in [7, 11) is 0. The number of para-hydroxylation sites is 4. The first kappa shape index (κ1) is 25.6. The molecule has 2 aromatic heterocycles. The molecule has 0 unspecified atom stereocenters. The Morgan fingerprint density at radius 2 is 0.932 bits per heavy atom. The van der Waals surface area contributed by atoms with Crippen LogP contribution in [-0.2, 0) is 0 Å². The van der Waals surface area contributed by atoms with Crippen LogP contribution in [0.3, 0.4) is 0 Å². The Morgan fingerprint density at radius 1 is 0.455 bits per heavy atom. The van der Waals surface area contributed by atoms with Gasteiger partial charge in [0.05, 0.1) is 56.7 Å². The average molecular weight is 563 g/mol. The molecule has 0 radical (unpaired) electrons. The Labute approximate surface area is 254 Å². The molecule has 0 spiro atoms. The fourth-order valence-electron chi connectivity index (χ4n) is 7.06. The van der Waals surface area contributed by atoms with E-state index in [-0.39, 0.29) is 0 Å². The summed E-state index contributed by atoms with van der Waals surface area (Å²) in [5.74, 6) is 0. The number of benzene rings is 6. The van der Waals surface area contributed by atoms with Crippen molar-refractivity contribution in [2.24, 2.45) is 0 Å². The molecule has 0 saturated heterocycles. The molecule has 0 atom stereocenters. The zero-order valence-electron chi connectivity index (χ0n) is 24.3. The van der Waals surface area contributed by atoms with Crippen LogP contribution in [0.2, 0.25) is 0 Å². The maximum Gasteiger partial charge on any atom is 0.0998 e. The highest BCUT2D eigenvalue weighted by Gasteiger charge is 2.26. The van der Waals surface area contributed by atoms with Gasteiger partial charge in [0.15, 0.2) is 0 Å². The molecule has 0 aliphatic carbocycles. The van der Waals surface area contributed by atoms with Crippen LogP contribution >= 0.6 is 0 Å². The predicted molar refractivity (Wildman–Crippen MR) is 179 cm³/mol. The second-order valence-corrected chi connectivity index (χ2v) is 11.3. The summed E-state index contributed by atoms with van der Waals surface area (Å²) in [5, 5.41) is 25.4. The largest absolute Gasteiger partial charge is 0.309 e. The van der Waals surface area contributed by atoms with Crippen molar-refractivity contribution in [1.82, 2.24) is 9.13 Å². The van der Waals surface area contributed by atoms with Crippen molar-refractivity contribution in [3.8, 4) is 34.6 Å².